The summed E-state index contributed by atoms with van der Waals surface area (Å²) in [5.74, 6) is 0.703. The van der Waals surface area contributed by atoms with Gasteiger partial charge in [-0.05, 0) is 18.4 Å². The average Bonchev–Trinajstić information content (AvgIpc) is 3.16. The van der Waals surface area contributed by atoms with Gasteiger partial charge in [0.2, 0.25) is 0 Å². The normalized spacial score (nSPS) is 28.2. The molecule has 1 aromatic heterocycles. The van der Waals surface area contributed by atoms with Gasteiger partial charge in [-0.15, -0.1) is 0 Å². The summed E-state index contributed by atoms with van der Waals surface area (Å²) < 4.78 is 1.88. The first kappa shape index (κ1) is 16.1. The van der Waals surface area contributed by atoms with Gasteiger partial charge in [-0.2, -0.15) is 0 Å². The molecule has 2 bridgehead atoms. The van der Waals surface area contributed by atoms with E-state index in [0.717, 1.165) is 18.4 Å². The van der Waals surface area contributed by atoms with Crippen molar-refractivity contribution in [1.82, 2.24) is 19.8 Å². The van der Waals surface area contributed by atoms with Crippen LogP contribution in [0.2, 0.25) is 0 Å². The summed E-state index contributed by atoms with van der Waals surface area (Å²) in [5, 5.41) is 14.2. The number of nitrogens with zero attached hydrogens (tertiary/aromatic N) is 3. The Morgan fingerprint density at radius 3 is 2.56 bits per heavy atom. The lowest BCUT2D eigenvalue weighted by atomic mass is 9.85. The Morgan fingerprint density at radius 2 is 1.96 bits per heavy atom. The molecule has 2 aliphatic heterocycles. The highest BCUT2D eigenvalue weighted by molar-refractivity contribution is 5.75. The molecule has 0 spiro atoms. The Morgan fingerprint density at radius 1 is 1.28 bits per heavy atom. The number of carbonyl (C=O) groups is 1. The largest absolute Gasteiger partial charge is 0.382 e. The molecule has 4 rings (SSSR count). The van der Waals surface area contributed by atoms with E-state index in [1.165, 1.54) is 0 Å². The molecule has 6 heteroatoms. The number of hydrogen-bond donors (Lipinski definition) is 2. The summed E-state index contributed by atoms with van der Waals surface area (Å²) in [5.41, 5.74) is 0.144. The van der Waals surface area contributed by atoms with Gasteiger partial charge in [-0.25, -0.2) is 9.78 Å². The van der Waals surface area contributed by atoms with Gasteiger partial charge in [-0.1, -0.05) is 30.3 Å². The third-order valence-electron chi connectivity index (χ3n) is 5.53. The quantitative estimate of drug-likeness (QED) is 0.899. The minimum atomic E-state index is -0.944. The fourth-order valence-corrected chi connectivity index (χ4v) is 4.42. The van der Waals surface area contributed by atoms with E-state index in [9.17, 15) is 9.90 Å². The molecular formula is C19H24N4O2. The molecule has 2 unspecified atom stereocenters. The topological polar surface area (TPSA) is 70.4 Å². The van der Waals surface area contributed by atoms with Gasteiger partial charge in [-0.3, -0.25) is 0 Å². The predicted octanol–water partition coefficient (Wildman–Crippen LogP) is 2.14. The highest BCUT2D eigenvalue weighted by Gasteiger charge is 2.51. The maximum atomic E-state index is 12.7. The number of aromatic nitrogens is 2. The molecule has 2 atom stereocenters. The van der Waals surface area contributed by atoms with Gasteiger partial charge in [0.05, 0.1) is 0 Å². The second-order valence-corrected chi connectivity index (χ2v) is 7.24. The smallest absolute Gasteiger partial charge is 0.318 e. The van der Waals surface area contributed by atoms with Crippen molar-refractivity contribution in [2.75, 3.05) is 0 Å². The van der Waals surface area contributed by atoms with E-state index < -0.39 is 5.60 Å². The highest BCUT2D eigenvalue weighted by atomic mass is 16.3. The van der Waals surface area contributed by atoms with Crippen LogP contribution in [0.25, 0.3) is 0 Å². The summed E-state index contributed by atoms with van der Waals surface area (Å²) in [7, 11) is 1.90. The van der Waals surface area contributed by atoms with Crippen molar-refractivity contribution in [3.8, 4) is 0 Å². The first-order valence-corrected chi connectivity index (χ1v) is 8.87. The molecule has 2 fully saturated rings. The number of piperidine rings is 1. The van der Waals surface area contributed by atoms with E-state index in [2.05, 4.69) is 10.3 Å². The number of imidazole rings is 1. The van der Waals surface area contributed by atoms with Crippen molar-refractivity contribution in [3.63, 3.8) is 0 Å². The molecule has 2 aliphatic rings. The molecule has 2 N–H and O–H groups in total. The fraction of sp³-hybridized carbons (Fsp3) is 0.474. The lowest BCUT2D eigenvalue weighted by Crippen LogP contribution is -2.55. The maximum absolute atomic E-state index is 12.7. The average molecular weight is 340 g/mol. The second kappa shape index (κ2) is 6.19. The van der Waals surface area contributed by atoms with Crippen molar-refractivity contribution in [2.45, 2.75) is 49.9 Å². The maximum Gasteiger partial charge on any atom is 0.318 e. The molecule has 0 saturated carbocycles. The molecule has 132 valence electrons. The molecular weight excluding hydrogens is 316 g/mol. The van der Waals surface area contributed by atoms with Crippen LogP contribution in [0.5, 0.6) is 0 Å². The van der Waals surface area contributed by atoms with Crippen LogP contribution in [0, 0.1) is 0 Å². The van der Waals surface area contributed by atoms with E-state index >= 15 is 0 Å². The van der Waals surface area contributed by atoms with Crippen LogP contribution in [0.1, 0.15) is 37.1 Å². The Labute approximate surface area is 147 Å². The van der Waals surface area contributed by atoms with Crippen LogP contribution in [0.4, 0.5) is 4.79 Å². The van der Waals surface area contributed by atoms with Crippen LogP contribution in [0.15, 0.2) is 42.7 Å². The summed E-state index contributed by atoms with van der Waals surface area (Å²) in [4.78, 5) is 19.0. The molecule has 0 radical (unpaired) electrons. The molecule has 2 amide bonds. The van der Waals surface area contributed by atoms with E-state index in [4.69, 9.17) is 0 Å². The lowest BCUT2D eigenvalue weighted by Gasteiger charge is -2.43. The van der Waals surface area contributed by atoms with Gasteiger partial charge < -0.3 is 19.9 Å². The molecule has 2 aromatic rings. The molecule has 3 heterocycles. The number of hydrogen-bond acceptors (Lipinski definition) is 3. The second-order valence-electron chi connectivity index (χ2n) is 7.24. The van der Waals surface area contributed by atoms with Crippen LogP contribution < -0.4 is 5.32 Å². The summed E-state index contributed by atoms with van der Waals surface area (Å²) in [6.45, 7) is 0.527. The number of amides is 2. The Hall–Kier alpha value is -2.34. The zero-order chi connectivity index (χ0) is 17.4. The number of nitrogens with one attached hydrogen (secondary N) is 1. The third-order valence-corrected chi connectivity index (χ3v) is 5.53. The minimum absolute atomic E-state index is 0.0294. The van der Waals surface area contributed by atoms with Gasteiger partial charge in [0.25, 0.3) is 0 Å². The van der Waals surface area contributed by atoms with Gasteiger partial charge in [0.15, 0.2) is 0 Å². The number of rotatable bonds is 3. The van der Waals surface area contributed by atoms with Gasteiger partial charge in [0.1, 0.15) is 11.4 Å². The minimum Gasteiger partial charge on any atom is -0.382 e. The lowest BCUT2D eigenvalue weighted by molar-refractivity contribution is -0.0519. The number of urea groups is 1. The molecule has 6 nitrogen and oxygen atoms in total. The summed E-state index contributed by atoms with van der Waals surface area (Å²) >= 11 is 0. The number of benzene rings is 1. The van der Waals surface area contributed by atoms with E-state index in [1.807, 2.05) is 53.0 Å². The van der Waals surface area contributed by atoms with Crippen molar-refractivity contribution in [1.29, 1.82) is 0 Å². The Bertz CT molecular complexity index is 744. The zero-order valence-electron chi connectivity index (χ0n) is 14.4. The Balaban J connectivity index is 1.45. The fourth-order valence-electron chi connectivity index (χ4n) is 4.42. The molecule has 1 aromatic carbocycles. The number of aliphatic hydroxyl groups is 1. The molecule has 2 saturated heterocycles. The Kier molecular flexibility index (Phi) is 4.00. The van der Waals surface area contributed by atoms with Gasteiger partial charge >= 0.3 is 6.03 Å². The van der Waals surface area contributed by atoms with Crippen molar-refractivity contribution in [3.05, 3.63) is 54.1 Å². The van der Waals surface area contributed by atoms with E-state index in [0.29, 0.717) is 25.2 Å². The first-order chi connectivity index (χ1) is 12.1. The number of carbonyl (C=O) groups excluding carboxylic acids is 1. The van der Waals surface area contributed by atoms with Gasteiger partial charge in [0, 0.05) is 50.9 Å². The van der Waals surface area contributed by atoms with E-state index in [1.54, 1.807) is 6.20 Å². The highest BCUT2D eigenvalue weighted by Crippen LogP contribution is 2.45. The molecule has 25 heavy (non-hydrogen) atoms. The van der Waals surface area contributed by atoms with Crippen LogP contribution in [0.3, 0.4) is 0 Å². The first-order valence-electron chi connectivity index (χ1n) is 8.87. The number of fused-ring (bicyclic) bond motifs is 2. The number of aryl methyl sites for hydroxylation is 1. The third kappa shape index (κ3) is 2.91. The van der Waals surface area contributed by atoms with E-state index in [-0.39, 0.29) is 18.1 Å². The van der Waals surface area contributed by atoms with Crippen LogP contribution in [-0.2, 0) is 19.2 Å². The van der Waals surface area contributed by atoms with Crippen LogP contribution in [-0.4, -0.2) is 37.7 Å². The van der Waals surface area contributed by atoms with Crippen LogP contribution >= 0.6 is 0 Å². The van der Waals surface area contributed by atoms with Crippen molar-refractivity contribution < 1.29 is 9.90 Å². The predicted molar refractivity (Wildman–Crippen MR) is 93.7 cm³/mol. The standard InChI is InChI=1S/C19H24N4O2/c1-22-10-9-20-17(22)19(25)11-15-7-8-16(12-19)23(15)18(24)21-13-14-5-3-2-4-6-14/h2-6,9-10,15-16,25H,7-8,11-13H2,1H3,(H,21,24). The molecule has 0 aliphatic carbocycles. The van der Waals surface area contributed by atoms with Crippen molar-refractivity contribution >= 4 is 6.03 Å². The summed E-state index contributed by atoms with van der Waals surface area (Å²) in [6, 6.07) is 10.0. The summed E-state index contributed by atoms with van der Waals surface area (Å²) in [6.07, 6.45) is 6.55. The SMILES string of the molecule is Cn1ccnc1C1(O)CC2CCC(C1)N2C(=O)NCc1ccccc1. The zero-order valence-corrected chi connectivity index (χ0v) is 14.4. The monoisotopic (exact) mass is 340 g/mol. The van der Waals surface area contributed by atoms with Crippen molar-refractivity contribution in [2.24, 2.45) is 7.05 Å².